The highest BCUT2D eigenvalue weighted by atomic mass is 14.9. The van der Waals surface area contributed by atoms with Crippen LogP contribution in [0.3, 0.4) is 0 Å². The lowest BCUT2D eigenvalue weighted by atomic mass is 10.1. The summed E-state index contributed by atoms with van der Waals surface area (Å²) in [6, 6.07) is 32.6. The highest BCUT2D eigenvalue weighted by molar-refractivity contribution is 6.02. The highest BCUT2D eigenvalue weighted by Gasteiger charge is 2.09. The third-order valence-corrected chi connectivity index (χ3v) is 5.09. The van der Waals surface area contributed by atoms with E-state index in [9.17, 15) is 0 Å². The molecule has 0 amide bonds. The summed E-state index contributed by atoms with van der Waals surface area (Å²) in [5.74, 6) is 0. The average Bonchev–Trinajstić information content (AvgIpc) is 3.36. The zero-order chi connectivity index (χ0) is 20.9. The zero-order valence-corrected chi connectivity index (χ0v) is 16.8. The van der Waals surface area contributed by atoms with Crippen LogP contribution in [-0.2, 0) is 0 Å². The first-order chi connectivity index (χ1) is 15.4. The van der Waals surface area contributed by atoms with Gasteiger partial charge in [0, 0.05) is 34.3 Å². The Morgan fingerprint density at radius 2 is 1.03 bits per heavy atom. The molecule has 0 unspecified atom stereocenters. The molecule has 6 aromatic rings. The molecule has 6 rings (SSSR count). The molecule has 148 valence electrons. The van der Waals surface area contributed by atoms with Gasteiger partial charge in [0.15, 0.2) is 0 Å². The van der Waals surface area contributed by atoms with Crippen molar-refractivity contribution >= 4 is 21.8 Å². The molecule has 0 bridgehead atoms. The molecule has 0 fully saturated rings. The van der Waals surface area contributed by atoms with Crippen molar-refractivity contribution in [1.82, 2.24) is 19.9 Å². The van der Waals surface area contributed by atoms with Gasteiger partial charge < -0.3 is 4.98 Å². The monoisotopic (exact) mass is 400 g/mol. The van der Waals surface area contributed by atoms with Crippen LogP contribution in [0.4, 0.5) is 0 Å². The summed E-state index contributed by atoms with van der Waals surface area (Å²) in [7, 11) is 0. The molecule has 4 nitrogen and oxygen atoms in total. The Labute approximate surface area is 180 Å². The number of benzene rings is 3. The maximum atomic E-state index is 4.41. The van der Waals surface area contributed by atoms with Gasteiger partial charge in [-0.1, -0.05) is 84.9 Å². The second-order valence-corrected chi connectivity index (χ2v) is 7.07. The molecule has 3 aromatic heterocycles. The first-order valence-corrected chi connectivity index (χ1v) is 10.1. The van der Waals surface area contributed by atoms with E-state index < -0.39 is 0 Å². The van der Waals surface area contributed by atoms with Crippen molar-refractivity contribution in [3.8, 4) is 22.5 Å². The fourth-order valence-corrected chi connectivity index (χ4v) is 3.61. The third kappa shape index (κ3) is 3.91. The van der Waals surface area contributed by atoms with Crippen LogP contribution >= 0.6 is 0 Å². The van der Waals surface area contributed by atoms with Crippen LogP contribution in [0.1, 0.15) is 0 Å². The van der Waals surface area contributed by atoms with Gasteiger partial charge in [-0.25, -0.2) is 4.98 Å². The van der Waals surface area contributed by atoms with Crippen molar-refractivity contribution < 1.29 is 0 Å². The van der Waals surface area contributed by atoms with E-state index in [0.29, 0.717) is 0 Å². The summed E-state index contributed by atoms with van der Waals surface area (Å²) in [6.45, 7) is 0. The fraction of sp³-hybridized carbons (Fsp3) is 0. The molecule has 0 aliphatic carbocycles. The van der Waals surface area contributed by atoms with E-state index in [1.165, 1.54) is 0 Å². The van der Waals surface area contributed by atoms with Crippen LogP contribution in [0, 0.1) is 0 Å². The highest BCUT2D eigenvalue weighted by Crippen LogP contribution is 2.28. The third-order valence-electron chi connectivity index (χ3n) is 5.09. The second-order valence-electron chi connectivity index (χ2n) is 7.07. The van der Waals surface area contributed by atoms with Gasteiger partial charge in [0.25, 0.3) is 0 Å². The zero-order valence-electron chi connectivity index (χ0n) is 16.8. The van der Waals surface area contributed by atoms with Crippen molar-refractivity contribution in [2.24, 2.45) is 0 Å². The number of hydrogen-bond acceptors (Lipinski definition) is 3. The molecule has 31 heavy (non-hydrogen) atoms. The van der Waals surface area contributed by atoms with Crippen molar-refractivity contribution in [2.45, 2.75) is 0 Å². The van der Waals surface area contributed by atoms with Gasteiger partial charge in [0.2, 0.25) is 0 Å². The summed E-state index contributed by atoms with van der Waals surface area (Å²) in [5.41, 5.74) is 6.31. The van der Waals surface area contributed by atoms with Crippen molar-refractivity contribution in [3.05, 3.63) is 116 Å². The topological polar surface area (TPSA) is 54.5 Å². The van der Waals surface area contributed by atoms with Gasteiger partial charge in [-0.05, 0) is 12.1 Å². The molecule has 1 N–H and O–H groups in total. The molecule has 3 aromatic carbocycles. The largest absolute Gasteiger partial charge is 0.344 e. The predicted molar refractivity (Wildman–Crippen MR) is 127 cm³/mol. The smallest absolute Gasteiger partial charge is 0.0964 e. The minimum atomic E-state index is 0.977. The minimum Gasteiger partial charge on any atom is -0.344 e. The number of fused-ring (bicyclic) bond motifs is 3. The van der Waals surface area contributed by atoms with Crippen molar-refractivity contribution in [2.75, 3.05) is 0 Å². The molecule has 0 spiro atoms. The number of nitrogens with zero attached hydrogens (tertiary/aromatic N) is 3. The van der Waals surface area contributed by atoms with Crippen LogP contribution in [0.25, 0.3) is 44.3 Å². The molecule has 0 aliphatic rings. The number of imidazole rings is 1. The van der Waals surface area contributed by atoms with E-state index in [0.717, 1.165) is 44.3 Å². The number of hydrogen-bond donors (Lipinski definition) is 1. The fourth-order valence-electron chi connectivity index (χ4n) is 3.61. The van der Waals surface area contributed by atoms with E-state index in [2.05, 4.69) is 68.5 Å². The maximum Gasteiger partial charge on any atom is 0.0964 e. The minimum absolute atomic E-state index is 0.977. The Hall–Kier alpha value is -4.31. The van der Waals surface area contributed by atoms with E-state index in [1.54, 1.807) is 18.7 Å². The molecule has 0 saturated heterocycles. The molecule has 3 heterocycles. The van der Waals surface area contributed by atoms with E-state index in [-0.39, 0.29) is 0 Å². The Bertz CT molecular complexity index is 1310. The molecular weight excluding hydrogens is 380 g/mol. The first kappa shape index (κ1) is 18.7. The Morgan fingerprint density at radius 3 is 1.61 bits per heavy atom. The van der Waals surface area contributed by atoms with Crippen molar-refractivity contribution in [1.29, 1.82) is 0 Å². The van der Waals surface area contributed by atoms with Crippen LogP contribution in [0.2, 0.25) is 0 Å². The summed E-state index contributed by atoms with van der Waals surface area (Å²) < 4.78 is 0. The Balaban J connectivity index is 0.000000134. The number of pyridine rings is 2. The first-order valence-electron chi connectivity index (χ1n) is 10.1. The summed E-state index contributed by atoms with van der Waals surface area (Å²) >= 11 is 0. The van der Waals surface area contributed by atoms with Gasteiger partial charge in [-0.15, -0.1) is 0 Å². The van der Waals surface area contributed by atoms with Crippen LogP contribution in [-0.4, -0.2) is 19.9 Å². The molecule has 0 aliphatic heterocycles. The van der Waals surface area contributed by atoms with Crippen LogP contribution in [0.15, 0.2) is 116 Å². The number of aromatic amines is 1. The van der Waals surface area contributed by atoms with E-state index in [1.807, 2.05) is 48.5 Å². The lowest BCUT2D eigenvalue weighted by Crippen LogP contribution is -1.83. The summed E-state index contributed by atoms with van der Waals surface area (Å²) in [6.07, 6.45) is 5.34. The molecule has 0 atom stereocenters. The molecular formula is C27H20N4. The van der Waals surface area contributed by atoms with Gasteiger partial charge in [0.05, 0.1) is 28.7 Å². The Kier molecular flexibility index (Phi) is 5.18. The van der Waals surface area contributed by atoms with E-state index >= 15 is 0 Å². The maximum absolute atomic E-state index is 4.41. The molecule has 0 saturated carbocycles. The van der Waals surface area contributed by atoms with Crippen molar-refractivity contribution in [3.63, 3.8) is 0 Å². The lowest BCUT2D eigenvalue weighted by molar-refractivity contribution is 1.31. The van der Waals surface area contributed by atoms with Crippen LogP contribution in [0.5, 0.6) is 0 Å². The SMILES string of the molecule is c1ccc(-c2nc[nH]c2-c2ccccc2)cc1.c1cnc2c(c1)ccc1cccnc12. The summed E-state index contributed by atoms with van der Waals surface area (Å²) in [4.78, 5) is 16.3. The van der Waals surface area contributed by atoms with Crippen LogP contribution < -0.4 is 0 Å². The predicted octanol–water partition coefficient (Wildman–Crippen LogP) is 6.53. The molecule has 4 heteroatoms. The average molecular weight is 400 g/mol. The van der Waals surface area contributed by atoms with Gasteiger partial charge >= 0.3 is 0 Å². The lowest BCUT2D eigenvalue weighted by Gasteiger charge is -2.02. The quantitative estimate of drug-likeness (QED) is 0.336. The molecule has 0 radical (unpaired) electrons. The standard InChI is InChI=1S/C15H12N2.C12H8N2/c1-3-7-12(8-4-1)14-15(17-11-16-14)13-9-5-2-6-10-13;1-3-9-5-6-10-4-2-8-14-12(10)11(9)13-7-1/h1-11H,(H,16,17);1-8H. The second kappa shape index (κ2) is 8.59. The van der Waals surface area contributed by atoms with Gasteiger partial charge in [-0.3, -0.25) is 9.97 Å². The summed E-state index contributed by atoms with van der Waals surface area (Å²) in [5, 5.41) is 2.28. The van der Waals surface area contributed by atoms with Gasteiger partial charge in [-0.2, -0.15) is 0 Å². The van der Waals surface area contributed by atoms with E-state index in [4.69, 9.17) is 0 Å². The number of aromatic nitrogens is 4. The number of rotatable bonds is 2. The number of nitrogens with one attached hydrogen (secondary N) is 1. The number of H-pyrrole nitrogens is 1. The Morgan fingerprint density at radius 1 is 0.484 bits per heavy atom. The van der Waals surface area contributed by atoms with Gasteiger partial charge in [0.1, 0.15) is 0 Å². The normalized spacial score (nSPS) is 10.6.